The van der Waals surface area contributed by atoms with E-state index in [0.717, 1.165) is 4.68 Å². The molecule has 0 aliphatic heterocycles. The van der Waals surface area contributed by atoms with Gasteiger partial charge in [0, 0.05) is 0 Å². The number of aliphatic carboxylic acids is 1. The number of carboxylic acid groups (broad SMARTS) is 1. The lowest BCUT2D eigenvalue weighted by molar-refractivity contribution is -0.145. The third kappa shape index (κ3) is 2.78. The predicted octanol–water partition coefficient (Wildman–Crippen LogP) is 0.982. The van der Waals surface area contributed by atoms with Gasteiger partial charge in [-0.05, 0) is 25.0 Å². The quantitative estimate of drug-likeness (QED) is 0.823. The van der Waals surface area contributed by atoms with Crippen molar-refractivity contribution in [3.05, 3.63) is 34.6 Å². The van der Waals surface area contributed by atoms with Crippen molar-refractivity contribution in [3.8, 4) is 0 Å². The Labute approximate surface area is 121 Å². The first kappa shape index (κ1) is 15.1. The fourth-order valence-corrected chi connectivity index (χ4v) is 2.23. The molecule has 0 bridgehead atoms. The molecule has 1 aromatic carbocycles. The molecular formula is C14H18N4O3. The summed E-state index contributed by atoms with van der Waals surface area (Å²) in [7, 11) is 0. The molecule has 0 spiro atoms. The van der Waals surface area contributed by atoms with Crippen molar-refractivity contribution in [2.45, 2.75) is 38.9 Å². The molecule has 7 nitrogen and oxygen atoms in total. The third-order valence-corrected chi connectivity index (χ3v) is 3.81. The second-order valence-corrected chi connectivity index (χ2v) is 4.84. The topological polar surface area (TPSA) is 97.1 Å². The number of nitrogens with zero attached hydrogens (tertiary/aromatic N) is 3. The molecule has 0 atom stereocenters. The Balaban J connectivity index is 2.30. The van der Waals surface area contributed by atoms with E-state index in [-0.39, 0.29) is 12.2 Å². The van der Waals surface area contributed by atoms with Crippen LogP contribution in [0.3, 0.4) is 0 Å². The zero-order valence-corrected chi connectivity index (χ0v) is 12.0. The Morgan fingerprint density at radius 3 is 2.62 bits per heavy atom. The first-order chi connectivity index (χ1) is 10.0. The summed E-state index contributed by atoms with van der Waals surface area (Å²) in [5, 5.41) is 20.5. The first-order valence-corrected chi connectivity index (χ1v) is 6.85. The molecule has 21 heavy (non-hydrogen) atoms. The lowest BCUT2D eigenvalue weighted by Gasteiger charge is -2.28. The molecule has 1 aromatic heterocycles. The summed E-state index contributed by atoms with van der Waals surface area (Å²) in [5.74, 6) is -0.936. The van der Waals surface area contributed by atoms with Crippen LogP contribution in [0.2, 0.25) is 0 Å². The van der Waals surface area contributed by atoms with Gasteiger partial charge in [-0.2, -0.15) is 4.68 Å². The molecule has 0 saturated carbocycles. The zero-order valence-electron chi connectivity index (χ0n) is 12.0. The fraction of sp³-hybridized carbons (Fsp3) is 0.429. The SMILES string of the molecule is CCC(CC)(NCn1nnc2ccccc2c1=O)C(=O)O. The van der Waals surface area contributed by atoms with Crippen LogP contribution >= 0.6 is 0 Å². The molecule has 2 N–H and O–H groups in total. The number of carbonyl (C=O) groups is 1. The van der Waals surface area contributed by atoms with Gasteiger partial charge >= 0.3 is 5.97 Å². The average Bonchev–Trinajstić information content (AvgIpc) is 2.50. The molecule has 0 fully saturated rings. The van der Waals surface area contributed by atoms with E-state index in [1.807, 2.05) is 0 Å². The molecule has 0 aliphatic carbocycles. The van der Waals surface area contributed by atoms with Crippen molar-refractivity contribution in [2.75, 3.05) is 0 Å². The minimum atomic E-state index is -1.06. The van der Waals surface area contributed by atoms with Crippen molar-refractivity contribution < 1.29 is 9.90 Å². The summed E-state index contributed by atoms with van der Waals surface area (Å²) in [6, 6.07) is 6.92. The van der Waals surface area contributed by atoms with Gasteiger partial charge in [-0.15, -0.1) is 5.10 Å². The molecule has 0 saturated heterocycles. The van der Waals surface area contributed by atoms with Crippen LogP contribution in [0.5, 0.6) is 0 Å². The van der Waals surface area contributed by atoms with E-state index in [0.29, 0.717) is 23.7 Å². The van der Waals surface area contributed by atoms with Gasteiger partial charge in [0.05, 0.1) is 12.1 Å². The fourth-order valence-electron chi connectivity index (χ4n) is 2.23. The lowest BCUT2D eigenvalue weighted by Crippen LogP contribution is -2.52. The van der Waals surface area contributed by atoms with Gasteiger partial charge in [0.2, 0.25) is 0 Å². The van der Waals surface area contributed by atoms with Crippen molar-refractivity contribution in [2.24, 2.45) is 0 Å². The van der Waals surface area contributed by atoms with E-state index < -0.39 is 11.5 Å². The highest BCUT2D eigenvalue weighted by Crippen LogP contribution is 2.15. The lowest BCUT2D eigenvalue weighted by atomic mass is 9.93. The van der Waals surface area contributed by atoms with Gasteiger partial charge in [0.15, 0.2) is 0 Å². The molecule has 0 radical (unpaired) electrons. The van der Waals surface area contributed by atoms with Crippen LogP contribution in [-0.2, 0) is 11.5 Å². The second kappa shape index (κ2) is 6.01. The smallest absolute Gasteiger partial charge is 0.323 e. The van der Waals surface area contributed by atoms with Crippen LogP contribution in [0.15, 0.2) is 29.1 Å². The molecule has 0 aliphatic rings. The van der Waals surface area contributed by atoms with E-state index in [2.05, 4.69) is 15.6 Å². The van der Waals surface area contributed by atoms with Gasteiger partial charge in [-0.1, -0.05) is 31.2 Å². The monoisotopic (exact) mass is 290 g/mol. The van der Waals surface area contributed by atoms with Crippen LogP contribution < -0.4 is 10.9 Å². The third-order valence-electron chi connectivity index (χ3n) is 3.81. The molecule has 2 aromatic rings. The normalized spacial score (nSPS) is 11.7. The van der Waals surface area contributed by atoms with Crippen molar-refractivity contribution >= 4 is 16.9 Å². The Bertz CT molecular complexity index is 707. The summed E-state index contributed by atoms with van der Waals surface area (Å²) < 4.78 is 1.14. The first-order valence-electron chi connectivity index (χ1n) is 6.85. The number of hydrogen-bond donors (Lipinski definition) is 2. The van der Waals surface area contributed by atoms with Gasteiger partial charge < -0.3 is 5.11 Å². The summed E-state index contributed by atoms with van der Waals surface area (Å²) >= 11 is 0. The molecule has 1 heterocycles. The Kier molecular flexibility index (Phi) is 4.32. The number of benzene rings is 1. The molecule has 0 unspecified atom stereocenters. The van der Waals surface area contributed by atoms with Gasteiger partial charge in [-0.3, -0.25) is 14.9 Å². The number of hydrogen-bond acceptors (Lipinski definition) is 5. The van der Waals surface area contributed by atoms with E-state index in [1.54, 1.807) is 38.1 Å². The minimum Gasteiger partial charge on any atom is -0.480 e. The number of nitrogens with one attached hydrogen (secondary N) is 1. The van der Waals surface area contributed by atoms with Gasteiger partial charge in [-0.25, -0.2) is 0 Å². The maximum atomic E-state index is 12.3. The highest BCUT2D eigenvalue weighted by Gasteiger charge is 2.34. The van der Waals surface area contributed by atoms with Crippen LogP contribution in [0.1, 0.15) is 26.7 Å². The van der Waals surface area contributed by atoms with Crippen LogP contribution in [0.4, 0.5) is 0 Å². The van der Waals surface area contributed by atoms with Crippen molar-refractivity contribution in [1.29, 1.82) is 0 Å². The molecule has 7 heteroatoms. The second-order valence-electron chi connectivity index (χ2n) is 4.84. The highest BCUT2D eigenvalue weighted by atomic mass is 16.4. The van der Waals surface area contributed by atoms with E-state index in [9.17, 15) is 14.7 Å². The Morgan fingerprint density at radius 1 is 1.33 bits per heavy atom. The summed E-state index contributed by atoms with van der Waals surface area (Å²) in [4.78, 5) is 23.7. The number of carboxylic acids is 1. The molecule has 2 rings (SSSR count). The Morgan fingerprint density at radius 2 is 2.00 bits per heavy atom. The van der Waals surface area contributed by atoms with E-state index in [1.165, 1.54) is 0 Å². The van der Waals surface area contributed by atoms with Crippen molar-refractivity contribution in [3.63, 3.8) is 0 Å². The summed E-state index contributed by atoms with van der Waals surface area (Å²) in [5.41, 5.74) is -0.832. The number of aromatic nitrogens is 3. The predicted molar refractivity (Wildman–Crippen MR) is 77.9 cm³/mol. The standard InChI is InChI=1S/C14H18N4O3/c1-3-14(4-2,13(20)21)15-9-18-12(19)10-7-5-6-8-11(10)16-17-18/h5-8,15H,3-4,9H2,1-2H3,(H,20,21). The average molecular weight is 290 g/mol. The van der Waals surface area contributed by atoms with Crippen LogP contribution in [0, 0.1) is 0 Å². The molecule has 112 valence electrons. The van der Waals surface area contributed by atoms with E-state index in [4.69, 9.17) is 0 Å². The maximum absolute atomic E-state index is 12.3. The van der Waals surface area contributed by atoms with Gasteiger partial charge in [0.1, 0.15) is 11.1 Å². The Hall–Kier alpha value is -2.28. The van der Waals surface area contributed by atoms with Gasteiger partial charge in [0.25, 0.3) is 5.56 Å². The van der Waals surface area contributed by atoms with E-state index >= 15 is 0 Å². The van der Waals surface area contributed by atoms with Crippen molar-refractivity contribution in [1.82, 2.24) is 20.3 Å². The largest absolute Gasteiger partial charge is 0.480 e. The molecule has 0 amide bonds. The highest BCUT2D eigenvalue weighted by molar-refractivity contribution is 5.78. The zero-order chi connectivity index (χ0) is 15.5. The minimum absolute atomic E-state index is 0.00461. The van der Waals surface area contributed by atoms with Crippen LogP contribution in [-0.4, -0.2) is 31.6 Å². The number of rotatable bonds is 6. The maximum Gasteiger partial charge on any atom is 0.323 e. The molecular weight excluding hydrogens is 272 g/mol. The summed E-state index contributed by atoms with van der Waals surface area (Å²) in [6.45, 7) is 3.59. The number of fused-ring (bicyclic) bond motifs is 1. The van der Waals surface area contributed by atoms with Crippen LogP contribution in [0.25, 0.3) is 10.9 Å². The summed E-state index contributed by atoms with van der Waals surface area (Å²) in [6.07, 6.45) is 0.823.